The molecule has 0 radical (unpaired) electrons. The van der Waals surface area contributed by atoms with Crippen LogP contribution in [0.25, 0.3) is 0 Å². The molecule has 0 spiro atoms. The first kappa shape index (κ1) is 14.5. The smallest absolute Gasteiger partial charge is 0.252 e. The van der Waals surface area contributed by atoms with E-state index in [2.05, 4.69) is 5.32 Å². The molecule has 0 aliphatic heterocycles. The molecule has 0 saturated heterocycles. The summed E-state index contributed by atoms with van der Waals surface area (Å²) >= 11 is 0. The van der Waals surface area contributed by atoms with Crippen LogP contribution in [0.3, 0.4) is 0 Å². The first-order chi connectivity index (χ1) is 10.1. The van der Waals surface area contributed by atoms with E-state index in [0.717, 1.165) is 0 Å². The Balaban J connectivity index is 2.16. The number of carbonyl (C=O) groups is 1. The van der Waals surface area contributed by atoms with Crippen molar-refractivity contribution in [1.29, 1.82) is 5.26 Å². The molecule has 5 heteroatoms. The molecular formula is C16H13FN2O2. The highest BCUT2D eigenvalue weighted by Gasteiger charge is 2.15. The SMILES string of the molecule is COc1cccc(C(=O)N[C@@H](C#N)c2ccc(F)cc2)c1. The second-order valence-corrected chi connectivity index (χ2v) is 4.32. The van der Waals surface area contributed by atoms with Gasteiger partial charge in [-0.15, -0.1) is 0 Å². The zero-order valence-corrected chi connectivity index (χ0v) is 11.3. The molecule has 2 aromatic carbocycles. The molecule has 1 atom stereocenters. The summed E-state index contributed by atoms with van der Waals surface area (Å²) in [6.07, 6.45) is 0. The standard InChI is InChI=1S/C16H13FN2O2/c1-21-14-4-2-3-12(9-14)16(20)19-15(10-18)11-5-7-13(17)8-6-11/h2-9,15H,1H3,(H,19,20)/t15-/m0/s1. The molecule has 0 unspecified atom stereocenters. The molecule has 1 amide bonds. The van der Waals surface area contributed by atoms with Crippen molar-refractivity contribution in [2.75, 3.05) is 7.11 Å². The van der Waals surface area contributed by atoms with Crippen LogP contribution >= 0.6 is 0 Å². The molecule has 0 aromatic heterocycles. The van der Waals surface area contributed by atoms with Crippen molar-refractivity contribution in [3.8, 4) is 11.8 Å². The van der Waals surface area contributed by atoms with Gasteiger partial charge in [0.15, 0.2) is 0 Å². The first-order valence-corrected chi connectivity index (χ1v) is 6.24. The molecule has 2 rings (SSSR count). The van der Waals surface area contributed by atoms with Crippen LogP contribution in [-0.2, 0) is 0 Å². The van der Waals surface area contributed by atoms with Crippen LogP contribution in [0.5, 0.6) is 5.75 Å². The van der Waals surface area contributed by atoms with Crippen LogP contribution in [0.4, 0.5) is 4.39 Å². The molecule has 2 aromatic rings. The van der Waals surface area contributed by atoms with Crippen molar-refractivity contribution < 1.29 is 13.9 Å². The van der Waals surface area contributed by atoms with E-state index in [1.165, 1.54) is 31.4 Å². The Morgan fingerprint density at radius 2 is 2.00 bits per heavy atom. The fourth-order valence-corrected chi connectivity index (χ4v) is 1.82. The van der Waals surface area contributed by atoms with Crippen molar-refractivity contribution in [1.82, 2.24) is 5.32 Å². The van der Waals surface area contributed by atoms with Crippen LogP contribution in [0, 0.1) is 17.1 Å². The summed E-state index contributed by atoms with van der Waals surface area (Å²) in [5.74, 6) is -0.239. The summed E-state index contributed by atoms with van der Waals surface area (Å²) in [5.41, 5.74) is 0.909. The van der Waals surface area contributed by atoms with Gasteiger partial charge in [0, 0.05) is 5.56 Å². The summed E-state index contributed by atoms with van der Waals surface area (Å²) < 4.78 is 17.9. The van der Waals surface area contributed by atoms with E-state index in [0.29, 0.717) is 16.9 Å². The monoisotopic (exact) mass is 284 g/mol. The van der Waals surface area contributed by atoms with Crippen LogP contribution in [-0.4, -0.2) is 13.0 Å². The molecule has 0 saturated carbocycles. The van der Waals surface area contributed by atoms with Gasteiger partial charge >= 0.3 is 0 Å². The minimum atomic E-state index is -0.843. The summed E-state index contributed by atoms with van der Waals surface area (Å²) in [6.45, 7) is 0. The Labute approximate surface area is 121 Å². The molecular weight excluding hydrogens is 271 g/mol. The fourth-order valence-electron chi connectivity index (χ4n) is 1.82. The molecule has 0 bridgehead atoms. The Morgan fingerprint density at radius 3 is 2.62 bits per heavy atom. The quantitative estimate of drug-likeness (QED) is 0.939. The largest absolute Gasteiger partial charge is 0.497 e. The van der Waals surface area contributed by atoms with Crippen LogP contribution in [0.2, 0.25) is 0 Å². The molecule has 106 valence electrons. The lowest BCUT2D eigenvalue weighted by Crippen LogP contribution is -2.27. The summed E-state index contributed by atoms with van der Waals surface area (Å²) in [4.78, 5) is 12.1. The van der Waals surface area contributed by atoms with Gasteiger partial charge in [-0.2, -0.15) is 5.26 Å². The number of hydrogen-bond acceptors (Lipinski definition) is 3. The normalized spacial score (nSPS) is 11.3. The van der Waals surface area contributed by atoms with Crippen molar-refractivity contribution in [3.63, 3.8) is 0 Å². The van der Waals surface area contributed by atoms with E-state index in [-0.39, 0.29) is 0 Å². The van der Waals surface area contributed by atoms with Crippen LogP contribution < -0.4 is 10.1 Å². The van der Waals surface area contributed by atoms with Gasteiger partial charge in [0.25, 0.3) is 5.91 Å². The highest BCUT2D eigenvalue weighted by molar-refractivity contribution is 5.95. The predicted molar refractivity (Wildman–Crippen MR) is 75.2 cm³/mol. The number of hydrogen-bond donors (Lipinski definition) is 1. The predicted octanol–water partition coefficient (Wildman–Crippen LogP) is 2.83. The second-order valence-electron chi connectivity index (χ2n) is 4.32. The van der Waals surface area contributed by atoms with Crippen molar-refractivity contribution in [3.05, 3.63) is 65.5 Å². The van der Waals surface area contributed by atoms with Crippen molar-refractivity contribution in [2.24, 2.45) is 0 Å². The van der Waals surface area contributed by atoms with E-state index in [1.54, 1.807) is 24.3 Å². The third-order valence-corrected chi connectivity index (χ3v) is 2.94. The van der Waals surface area contributed by atoms with Crippen molar-refractivity contribution in [2.45, 2.75) is 6.04 Å². The Bertz CT molecular complexity index is 677. The maximum absolute atomic E-state index is 12.9. The average Bonchev–Trinajstić information content (AvgIpc) is 2.53. The third-order valence-electron chi connectivity index (χ3n) is 2.94. The Kier molecular flexibility index (Phi) is 4.52. The van der Waals surface area contributed by atoms with Gasteiger partial charge in [-0.05, 0) is 35.9 Å². The lowest BCUT2D eigenvalue weighted by Gasteiger charge is -2.12. The molecule has 0 heterocycles. The van der Waals surface area contributed by atoms with E-state index in [9.17, 15) is 9.18 Å². The number of nitrogens with one attached hydrogen (secondary N) is 1. The topological polar surface area (TPSA) is 62.1 Å². The number of rotatable bonds is 4. The van der Waals surface area contributed by atoms with Gasteiger partial charge < -0.3 is 10.1 Å². The lowest BCUT2D eigenvalue weighted by atomic mass is 10.1. The highest BCUT2D eigenvalue weighted by atomic mass is 19.1. The van der Waals surface area contributed by atoms with Crippen molar-refractivity contribution >= 4 is 5.91 Å². The van der Waals surface area contributed by atoms with Gasteiger partial charge in [-0.3, -0.25) is 4.79 Å². The first-order valence-electron chi connectivity index (χ1n) is 6.24. The minimum Gasteiger partial charge on any atom is -0.497 e. The maximum atomic E-state index is 12.9. The molecule has 1 N–H and O–H groups in total. The minimum absolute atomic E-state index is 0.386. The van der Waals surface area contributed by atoms with Gasteiger partial charge in [-0.1, -0.05) is 18.2 Å². The zero-order chi connectivity index (χ0) is 15.2. The van der Waals surface area contributed by atoms with E-state index in [4.69, 9.17) is 10.00 Å². The fraction of sp³-hybridized carbons (Fsp3) is 0.125. The summed E-state index contributed by atoms with van der Waals surface area (Å²) in [5, 5.41) is 11.8. The van der Waals surface area contributed by atoms with E-state index < -0.39 is 17.8 Å². The number of methoxy groups -OCH3 is 1. The van der Waals surface area contributed by atoms with Gasteiger partial charge in [0.2, 0.25) is 0 Å². The third kappa shape index (κ3) is 3.57. The summed E-state index contributed by atoms with van der Waals surface area (Å²) in [7, 11) is 1.51. The molecule has 0 fully saturated rings. The van der Waals surface area contributed by atoms with Crippen LogP contribution in [0.15, 0.2) is 48.5 Å². The van der Waals surface area contributed by atoms with Gasteiger partial charge in [0.05, 0.1) is 13.2 Å². The van der Waals surface area contributed by atoms with E-state index in [1.807, 2.05) is 6.07 Å². The summed E-state index contributed by atoms with van der Waals surface area (Å²) in [6, 6.07) is 13.2. The molecule has 21 heavy (non-hydrogen) atoms. The number of benzene rings is 2. The molecule has 0 aliphatic rings. The second kappa shape index (κ2) is 6.53. The maximum Gasteiger partial charge on any atom is 0.252 e. The Morgan fingerprint density at radius 1 is 1.29 bits per heavy atom. The lowest BCUT2D eigenvalue weighted by molar-refractivity contribution is 0.0945. The molecule has 0 aliphatic carbocycles. The number of halogens is 1. The molecule has 4 nitrogen and oxygen atoms in total. The number of nitriles is 1. The average molecular weight is 284 g/mol. The van der Waals surface area contributed by atoms with E-state index >= 15 is 0 Å². The van der Waals surface area contributed by atoms with Gasteiger partial charge in [-0.25, -0.2) is 4.39 Å². The Hall–Kier alpha value is -2.87. The number of amides is 1. The highest BCUT2D eigenvalue weighted by Crippen LogP contribution is 2.16. The number of carbonyl (C=O) groups excluding carboxylic acids is 1. The van der Waals surface area contributed by atoms with Crippen LogP contribution in [0.1, 0.15) is 22.0 Å². The van der Waals surface area contributed by atoms with Gasteiger partial charge in [0.1, 0.15) is 17.6 Å². The zero-order valence-electron chi connectivity index (χ0n) is 11.3. The number of ether oxygens (including phenoxy) is 1. The number of nitrogens with zero attached hydrogens (tertiary/aromatic N) is 1.